The smallest absolute Gasteiger partial charge is 0.329 e. The Balaban J connectivity index is 1.82. The monoisotopic (exact) mass is 397 g/mol. The molecule has 0 spiro atoms. The van der Waals surface area contributed by atoms with E-state index in [-0.39, 0.29) is 12.5 Å². The Labute approximate surface area is 169 Å². The SMILES string of the molecule is COc1ccc(OC)c(COC(=O)[C@H](C(C)C)N2C(=O)c3ccccc3C2=O)c1. The molecule has 29 heavy (non-hydrogen) atoms. The second-order valence-electron chi connectivity index (χ2n) is 7.00. The molecule has 2 aromatic rings. The van der Waals surface area contributed by atoms with Crippen LogP contribution in [0.5, 0.6) is 11.5 Å². The summed E-state index contributed by atoms with van der Waals surface area (Å²) in [5.74, 6) is -0.810. The average Bonchev–Trinajstić information content (AvgIpc) is 2.97. The Hall–Kier alpha value is -3.35. The maximum atomic E-state index is 12.9. The number of rotatable bonds is 7. The van der Waals surface area contributed by atoms with Crippen LogP contribution in [-0.2, 0) is 16.1 Å². The van der Waals surface area contributed by atoms with Crippen LogP contribution >= 0.6 is 0 Å². The summed E-state index contributed by atoms with van der Waals surface area (Å²) in [6.45, 7) is 3.45. The third-order valence-electron chi connectivity index (χ3n) is 4.83. The van der Waals surface area contributed by atoms with Crippen LogP contribution in [0, 0.1) is 5.92 Å². The fraction of sp³-hybridized carbons (Fsp3) is 0.318. The van der Waals surface area contributed by atoms with Gasteiger partial charge in [-0.2, -0.15) is 0 Å². The van der Waals surface area contributed by atoms with E-state index < -0.39 is 23.8 Å². The molecule has 3 rings (SSSR count). The topological polar surface area (TPSA) is 82.1 Å². The largest absolute Gasteiger partial charge is 0.497 e. The minimum Gasteiger partial charge on any atom is -0.497 e. The zero-order valence-corrected chi connectivity index (χ0v) is 16.8. The van der Waals surface area contributed by atoms with Crippen molar-refractivity contribution >= 4 is 17.8 Å². The van der Waals surface area contributed by atoms with Crippen LogP contribution < -0.4 is 9.47 Å². The normalized spacial score (nSPS) is 14.0. The van der Waals surface area contributed by atoms with Gasteiger partial charge in [-0.1, -0.05) is 26.0 Å². The molecule has 152 valence electrons. The van der Waals surface area contributed by atoms with E-state index in [1.54, 1.807) is 56.3 Å². The van der Waals surface area contributed by atoms with E-state index in [0.717, 1.165) is 4.90 Å². The molecule has 0 radical (unpaired) electrons. The minimum absolute atomic E-state index is 0.0778. The first-order chi connectivity index (χ1) is 13.9. The predicted molar refractivity (Wildman–Crippen MR) is 105 cm³/mol. The van der Waals surface area contributed by atoms with E-state index in [1.807, 2.05) is 0 Å². The predicted octanol–water partition coefficient (Wildman–Crippen LogP) is 3.07. The van der Waals surface area contributed by atoms with Crippen molar-refractivity contribution in [3.63, 3.8) is 0 Å². The van der Waals surface area contributed by atoms with Gasteiger partial charge in [-0.3, -0.25) is 14.5 Å². The van der Waals surface area contributed by atoms with Crippen LogP contribution in [0.15, 0.2) is 42.5 Å². The van der Waals surface area contributed by atoms with Crippen molar-refractivity contribution in [1.29, 1.82) is 0 Å². The first-order valence-electron chi connectivity index (χ1n) is 9.23. The Morgan fingerprint density at radius 2 is 1.59 bits per heavy atom. The van der Waals surface area contributed by atoms with E-state index >= 15 is 0 Å². The molecule has 1 atom stereocenters. The quantitative estimate of drug-likeness (QED) is 0.528. The van der Waals surface area contributed by atoms with Gasteiger partial charge in [-0.25, -0.2) is 4.79 Å². The molecule has 2 aromatic carbocycles. The van der Waals surface area contributed by atoms with Gasteiger partial charge >= 0.3 is 5.97 Å². The molecular weight excluding hydrogens is 374 g/mol. The number of hydrogen-bond acceptors (Lipinski definition) is 6. The first kappa shape index (κ1) is 20.4. The van der Waals surface area contributed by atoms with Crippen molar-refractivity contribution in [1.82, 2.24) is 4.90 Å². The van der Waals surface area contributed by atoms with Gasteiger partial charge in [0.05, 0.1) is 25.3 Å². The molecule has 0 N–H and O–H groups in total. The lowest BCUT2D eigenvalue weighted by Gasteiger charge is -2.27. The second kappa shape index (κ2) is 8.34. The van der Waals surface area contributed by atoms with E-state index in [0.29, 0.717) is 28.2 Å². The summed E-state index contributed by atoms with van der Waals surface area (Å²) in [6.07, 6.45) is 0. The molecule has 1 heterocycles. The number of carbonyl (C=O) groups excluding carboxylic acids is 3. The number of benzene rings is 2. The molecule has 0 saturated carbocycles. The Bertz CT molecular complexity index is 917. The molecule has 0 bridgehead atoms. The third-order valence-corrected chi connectivity index (χ3v) is 4.83. The zero-order valence-electron chi connectivity index (χ0n) is 16.8. The number of imide groups is 1. The van der Waals surface area contributed by atoms with Crippen LogP contribution in [0.4, 0.5) is 0 Å². The van der Waals surface area contributed by atoms with Crippen molar-refractivity contribution in [2.24, 2.45) is 5.92 Å². The van der Waals surface area contributed by atoms with E-state index in [1.165, 1.54) is 14.2 Å². The van der Waals surface area contributed by atoms with Crippen LogP contribution in [0.2, 0.25) is 0 Å². The van der Waals surface area contributed by atoms with Crippen molar-refractivity contribution in [2.45, 2.75) is 26.5 Å². The summed E-state index contributed by atoms with van der Waals surface area (Å²) in [6, 6.07) is 10.7. The molecule has 0 saturated heterocycles. The molecule has 7 heteroatoms. The van der Waals surface area contributed by atoms with Gasteiger partial charge in [0, 0.05) is 5.56 Å². The fourth-order valence-corrected chi connectivity index (χ4v) is 3.37. The highest BCUT2D eigenvalue weighted by molar-refractivity contribution is 6.22. The number of ether oxygens (including phenoxy) is 3. The summed E-state index contributed by atoms with van der Waals surface area (Å²) in [7, 11) is 3.05. The third kappa shape index (κ3) is 3.81. The highest BCUT2D eigenvalue weighted by Crippen LogP contribution is 2.29. The van der Waals surface area contributed by atoms with Crippen LogP contribution in [0.1, 0.15) is 40.1 Å². The Kier molecular flexibility index (Phi) is 5.87. The number of hydrogen-bond donors (Lipinski definition) is 0. The van der Waals surface area contributed by atoms with Gasteiger partial charge in [0.1, 0.15) is 24.1 Å². The van der Waals surface area contributed by atoms with Gasteiger partial charge in [0.15, 0.2) is 0 Å². The molecular formula is C22H23NO6. The summed E-state index contributed by atoms with van der Waals surface area (Å²) >= 11 is 0. The number of esters is 1. The van der Waals surface area contributed by atoms with Crippen LogP contribution in [0.25, 0.3) is 0 Å². The molecule has 0 aliphatic carbocycles. The van der Waals surface area contributed by atoms with E-state index in [4.69, 9.17) is 14.2 Å². The number of methoxy groups -OCH3 is 2. The highest BCUT2D eigenvalue weighted by Gasteiger charge is 2.44. The summed E-state index contributed by atoms with van der Waals surface area (Å²) < 4.78 is 16.0. The summed E-state index contributed by atoms with van der Waals surface area (Å²) in [5, 5.41) is 0. The number of fused-ring (bicyclic) bond motifs is 1. The molecule has 0 unspecified atom stereocenters. The van der Waals surface area contributed by atoms with E-state index in [2.05, 4.69) is 0 Å². The van der Waals surface area contributed by atoms with Gasteiger partial charge < -0.3 is 14.2 Å². The lowest BCUT2D eigenvalue weighted by molar-refractivity contribution is -0.151. The Morgan fingerprint density at radius 1 is 0.966 bits per heavy atom. The zero-order chi connectivity index (χ0) is 21.1. The summed E-state index contributed by atoms with van der Waals surface area (Å²) in [4.78, 5) is 39.5. The maximum absolute atomic E-state index is 12.9. The molecule has 7 nitrogen and oxygen atoms in total. The molecule has 1 aliphatic heterocycles. The number of nitrogens with zero attached hydrogens (tertiary/aromatic N) is 1. The lowest BCUT2D eigenvalue weighted by atomic mass is 10.0. The van der Waals surface area contributed by atoms with Crippen molar-refractivity contribution < 1.29 is 28.6 Å². The Morgan fingerprint density at radius 3 is 2.10 bits per heavy atom. The van der Waals surface area contributed by atoms with Crippen LogP contribution in [0.3, 0.4) is 0 Å². The van der Waals surface area contributed by atoms with E-state index in [9.17, 15) is 14.4 Å². The minimum atomic E-state index is -1.03. The number of amides is 2. The second-order valence-corrected chi connectivity index (χ2v) is 7.00. The lowest BCUT2D eigenvalue weighted by Crippen LogP contribution is -2.48. The van der Waals surface area contributed by atoms with Crippen molar-refractivity contribution in [2.75, 3.05) is 14.2 Å². The standard InChI is InChI=1S/C22H23NO6/c1-13(2)19(23-20(24)16-7-5-6-8-17(16)21(23)25)22(26)29-12-14-11-15(27-3)9-10-18(14)28-4/h5-11,13,19H,12H2,1-4H3/t19-/m0/s1. The summed E-state index contributed by atoms with van der Waals surface area (Å²) in [5.41, 5.74) is 1.21. The molecule has 2 amide bonds. The van der Waals surface area contributed by atoms with Crippen molar-refractivity contribution in [3.05, 3.63) is 59.2 Å². The first-order valence-corrected chi connectivity index (χ1v) is 9.23. The fourth-order valence-electron chi connectivity index (χ4n) is 3.37. The van der Waals surface area contributed by atoms with Gasteiger partial charge in [0.25, 0.3) is 11.8 Å². The molecule has 1 aliphatic rings. The average molecular weight is 397 g/mol. The van der Waals surface area contributed by atoms with Gasteiger partial charge in [-0.05, 0) is 36.2 Å². The highest BCUT2D eigenvalue weighted by atomic mass is 16.5. The maximum Gasteiger partial charge on any atom is 0.329 e. The molecule has 0 aromatic heterocycles. The van der Waals surface area contributed by atoms with Crippen LogP contribution in [-0.4, -0.2) is 42.9 Å². The van der Waals surface area contributed by atoms with Gasteiger partial charge in [0.2, 0.25) is 0 Å². The number of carbonyl (C=O) groups is 3. The van der Waals surface area contributed by atoms with Gasteiger partial charge in [-0.15, -0.1) is 0 Å². The van der Waals surface area contributed by atoms with Crippen molar-refractivity contribution in [3.8, 4) is 11.5 Å². The molecule has 0 fully saturated rings.